The summed E-state index contributed by atoms with van der Waals surface area (Å²) in [6.07, 6.45) is 6.90. The van der Waals surface area contributed by atoms with E-state index >= 15 is 0 Å². The van der Waals surface area contributed by atoms with Crippen molar-refractivity contribution in [3.63, 3.8) is 0 Å². The van der Waals surface area contributed by atoms with Gasteiger partial charge in [0.05, 0.1) is 0 Å². The van der Waals surface area contributed by atoms with Crippen LogP contribution in [0.25, 0.3) is 0 Å². The second-order valence-corrected chi connectivity index (χ2v) is 6.92. The van der Waals surface area contributed by atoms with E-state index in [0.717, 1.165) is 23.7 Å². The predicted molar refractivity (Wildman–Crippen MR) is 87.8 cm³/mol. The summed E-state index contributed by atoms with van der Waals surface area (Å²) in [5.41, 5.74) is 1.50. The Hall–Kier alpha value is -0.820. The van der Waals surface area contributed by atoms with E-state index in [1.807, 2.05) is 0 Å². The lowest BCUT2D eigenvalue weighted by Crippen LogP contribution is -2.33. The highest BCUT2D eigenvalue weighted by atomic mass is 14.8. The highest BCUT2D eigenvalue weighted by Crippen LogP contribution is 2.39. The van der Waals surface area contributed by atoms with E-state index in [4.69, 9.17) is 0 Å². The number of aryl methyl sites for hydroxylation is 1. The molecule has 0 bridgehead atoms. The average molecular weight is 273 g/mol. The third-order valence-electron chi connectivity index (χ3n) is 5.24. The van der Waals surface area contributed by atoms with Crippen molar-refractivity contribution in [2.75, 3.05) is 13.6 Å². The summed E-state index contributed by atoms with van der Waals surface area (Å²) in [5.74, 6) is 3.59. The molecule has 1 heteroatoms. The number of nitrogens with one attached hydrogen (secondary N) is 1. The first kappa shape index (κ1) is 15.6. The van der Waals surface area contributed by atoms with E-state index in [1.165, 1.54) is 44.2 Å². The molecule has 2 rings (SSSR count). The summed E-state index contributed by atoms with van der Waals surface area (Å²) in [6.45, 7) is 6.00. The van der Waals surface area contributed by atoms with Crippen LogP contribution in [-0.2, 0) is 6.42 Å². The fraction of sp³-hybridized carbons (Fsp3) is 0.684. The fourth-order valence-electron chi connectivity index (χ4n) is 3.85. The van der Waals surface area contributed by atoms with Crippen LogP contribution in [0.1, 0.15) is 45.1 Å². The highest BCUT2D eigenvalue weighted by Gasteiger charge is 2.30. The topological polar surface area (TPSA) is 12.0 Å². The molecule has 1 N–H and O–H groups in total. The molecule has 0 radical (unpaired) electrons. The molecular weight excluding hydrogens is 242 g/mol. The molecule has 1 aromatic rings. The Kier molecular flexibility index (Phi) is 6.09. The van der Waals surface area contributed by atoms with Crippen molar-refractivity contribution in [1.29, 1.82) is 0 Å². The lowest BCUT2D eigenvalue weighted by molar-refractivity contribution is 0.139. The summed E-state index contributed by atoms with van der Waals surface area (Å²) in [6, 6.07) is 11.0. The fourth-order valence-corrected chi connectivity index (χ4v) is 3.85. The Morgan fingerprint density at radius 1 is 1.10 bits per heavy atom. The first-order valence-corrected chi connectivity index (χ1v) is 8.39. The second-order valence-electron chi connectivity index (χ2n) is 6.92. The molecule has 0 heterocycles. The quantitative estimate of drug-likeness (QED) is 0.803. The summed E-state index contributed by atoms with van der Waals surface area (Å²) in [4.78, 5) is 0. The van der Waals surface area contributed by atoms with Gasteiger partial charge in [-0.05, 0) is 74.9 Å². The number of hydrogen-bond acceptors (Lipinski definition) is 1. The Morgan fingerprint density at radius 3 is 2.50 bits per heavy atom. The van der Waals surface area contributed by atoms with Crippen molar-refractivity contribution in [2.45, 2.75) is 46.0 Å². The van der Waals surface area contributed by atoms with Crippen molar-refractivity contribution in [2.24, 2.45) is 23.7 Å². The van der Waals surface area contributed by atoms with E-state index < -0.39 is 0 Å². The van der Waals surface area contributed by atoms with Gasteiger partial charge in [0.25, 0.3) is 0 Å². The number of rotatable bonds is 6. The van der Waals surface area contributed by atoms with Crippen LogP contribution in [0.3, 0.4) is 0 Å². The molecule has 0 saturated heterocycles. The van der Waals surface area contributed by atoms with Gasteiger partial charge in [-0.3, -0.25) is 0 Å². The first-order valence-electron chi connectivity index (χ1n) is 8.39. The van der Waals surface area contributed by atoms with E-state index in [9.17, 15) is 0 Å². The summed E-state index contributed by atoms with van der Waals surface area (Å²) >= 11 is 0. The maximum Gasteiger partial charge on any atom is -0.00209 e. The van der Waals surface area contributed by atoms with Crippen LogP contribution in [0.15, 0.2) is 30.3 Å². The van der Waals surface area contributed by atoms with Crippen LogP contribution in [-0.4, -0.2) is 13.6 Å². The SMILES string of the molecule is CNCC1CCC(C(C)C)CC1CCc1ccccc1. The van der Waals surface area contributed by atoms with Crippen LogP contribution < -0.4 is 5.32 Å². The second kappa shape index (κ2) is 7.83. The Bertz CT molecular complexity index is 371. The maximum atomic E-state index is 3.41. The van der Waals surface area contributed by atoms with Crippen LogP contribution in [0.5, 0.6) is 0 Å². The molecule has 1 aliphatic rings. The van der Waals surface area contributed by atoms with Gasteiger partial charge in [-0.25, -0.2) is 0 Å². The molecule has 1 saturated carbocycles. The van der Waals surface area contributed by atoms with Gasteiger partial charge in [-0.15, -0.1) is 0 Å². The zero-order valence-corrected chi connectivity index (χ0v) is 13.4. The summed E-state index contributed by atoms with van der Waals surface area (Å²) in [5, 5.41) is 3.41. The minimum Gasteiger partial charge on any atom is -0.319 e. The molecule has 0 amide bonds. The minimum absolute atomic E-state index is 0.852. The predicted octanol–water partition coefficient (Wildman–Crippen LogP) is 4.53. The van der Waals surface area contributed by atoms with Gasteiger partial charge >= 0.3 is 0 Å². The van der Waals surface area contributed by atoms with Crippen molar-refractivity contribution < 1.29 is 0 Å². The van der Waals surface area contributed by atoms with Crippen LogP contribution in [0, 0.1) is 23.7 Å². The molecule has 3 atom stereocenters. The maximum absolute atomic E-state index is 3.41. The molecule has 20 heavy (non-hydrogen) atoms. The standard InChI is InChI=1S/C19H31N/c1-15(2)17-11-12-19(14-20-3)18(13-17)10-9-16-7-5-4-6-8-16/h4-8,15,17-20H,9-14H2,1-3H3. The molecule has 0 spiro atoms. The zero-order chi connectivity index (χ0) is 14.4. The van der Waals surface area contributed by atoms with Crippen molar-refractivity contribution in [3.05, 3.63) is 35.9 Å². The van der Waals surface area contributed by atoms with Gasteiger partial charge < -0.3 is 5.32 Å². The van der Waals surface area contributed by atoms with E-state index in [0.29, 0.717) is 0 Å². The third kappa shape index (κ3) is 4.34. The smallest absolute Gasteiger partial charge is 0.00209 e. The van der Waals surface area contributed by atoms with E-state index in [-0.39, 0.29) is 0 Å². The van der Waals surface area contributed by atoms with Crippen LogP contribution >= 0.6 is 0 Å². The van der Waals surface area contributed by atoms with Gasteiger partial charge in [0.1, 0.15) is 0 Å². The molecular formula is C19H31N. The van der Waals surface area contributed by atoms with Gasteiger partial charge in [0.15, 0.2) is 0 Å². The van der Waals surface area contributed by atoms with E-state index in [1.54, 1.807) is 0 Å². The van der Waals surface area contributed by atoms with Gasteiger partial charge in [0.2, 0.25) is 0 Å². The molecule has 1 aromatic carbocycles. The highest BCUT2D eigenvalue weighted by molar-refractivity contribution is 5.14. The lowest BCUT2D eigenvalue weighted by Gasteiger charge is -2.38. The van der Waals surface area contributed by atoms with Gasteiger partial charge in [0, 0.05) is 0 Å². The normalized spacial score (nSPS) is 26.9. The summed E-state index contributed by atoms with van der Waals surface area (Å²) < 4.78 is 0. The number of benzene rings is 1. The molecule has 1 fully saturated rings. The Balaban J connectivity index is 1.92. The van der Waals surface area contributed by atoms with Gasteiger partial charge in [-0.2, -0.15) is 0 Å². The van der Waals surface area contributed by atoms with E-state index in [2.05, 4.69) is 56.5 Å². The van der Waals surface area contributed by atoms with Crippen LogP contribution in [0.2, 0.25) is 0 Å². The minimum atomic E-state index is 0.852. The first-order chi connectivity index (χ1) is 9.70. The van der Waals surface area contributed by atoms with Crippen molar-refractivity contribution in [3.8, 4) is 0 Å². The average Bonchev–Trinajstić information content (AvgIpc) is 2.47. The zero-order valence-electron chi connectivity index (χ0n) is 13.4. The molecule has 1 aliphatic carbocycles. The molecule has 0 aromatic heterocycles. The Labute approximate surface area is 125 Å². The van der Waals surface area contributed by atoms with Crippen molar-refractivity contribution in [1.82, 2.24) is 5.32 Å². The third-order valence-corrected chi connectivity index (χ3v) is 5.24. The van der Waals surface area contributed by atoms with Crippen molar-refractivity contribution >= 4 is 0 Å². The largest absolute Gasteiger partial charge is 0.319 e. The molecule has 1 nitrogen and oxygen atoms in total. The lowest BCUT2D eigenvalue weighted by atomic mass is 9.69. The van der Waals surface area contributed by atoms with Crippen LogP contribution in [0.4, 0.5) is 0 Å². The van der Waals surface area contributed by atoms with Gasteiger partial charge in [-0.1, -0.05) is 44.2 Å². The molecule has 3 unspecified atom stereocenters. The number of hydrogen-bond donors (Lipinski definition) is 1. The summed E-state index contributed by atoms with van der Waals surface area (Å²) in [7, 11) is 2.10. The molecule has 0 aliphatic heterocycles. The molecule has 112 valence electrons. The Morgan fingerprint density at radius 2 is 1.85 bits per heavy atom. The monoisotopic (exact) mass is 273 g/mol.